The van der Waals surface area contributed by atoms with E-state index < -0.39 is 0 Å². The third kappa shape index (κ3) is 3.40. The number of aryl methyl sites for hydroxylation is 1. The molecule has 126 valence electrons. The van der Waals surface area contributed by atoms with Gasteiger partial charge in [-0.1, -0.05) is 83.9 Å². The summed E-state index contributed by atoms with van der Waals surface area (Å²) in [6.45, 7) is 0. The standard InChI is InChI=1S/C22H18Cl2O/c23-20-11-5-9-18(21(20)24)19-10-4-8-16-14-17(25-22(16)19)13-12-15-6-2-1-3-7-15/h1-11,17H,12-14H2. The lowest BCUT2D eigenvalue weighted by atomic mass is 9.99. The van der Waals surface area contributed by atoms with Crippen LogP contribution in [0.3, 0.4) is 0 Å². The summed E-state index contributed by atoms with van der Waals surface area (Å²) in [5.74, 6) is 0.949. The molecule has 1 atom stereocenters. The molecule has 3 aromatic carbocycles. The summed E-state index contributed by atoms with van der Waals surface area (Å²) in [6, 6.07) is 22.5. The molecule has 4 rings (SSSR count). The molecule has 0 bridgehead atoms. The van der Waals surface area contributed by atoms with Crippen molar-refractivity contribution in [3.05, 3.63) is 87.9 Å². The molecule has 0 radical (unpaired) electrons. The maximum atomic E-state index is 6.42. The normalized spacial score (nSPS) is 15.7. The molecule has 0 spiro atoms. The first-order valence-corrected chi connectivity index (χ1v) is 9.25. The SMILES string of the molecule is Clc1cccc(-c2cccc3c2OC(CCc2ccccc2)C3)c1Cl. The van der Waals surface area contributed by atoms with E-state index in [1.807, 2.05) is 18.2 Å². The van der Waals surface area contributed by atoms with Gasteiger partial charge in [-0.05, 0) is 30.0 Å². The van der Waals surface area contributed by atoms with E-state index >= 15 is 0 Å². The highest BCUT2D eigenvalue weighted by molar-refractivity contribution is 6.43. The quantitative estimate of drug-likeness (QED) is 0.504. The van der Waals surface area contributed by atoms with Crippen LogP contribution in [0.15, 0.2) is 66.7 Å². The minimum atomic E-state index is 0.203. The summed E-state index contributed by atoms with van der Waals surface area (Å²) in [6.07, 6.45) is 3.16. The summed E-state index contributed by atoms with van der Waals surface area (Å²) in [7, 11) is 0. The van der Waals surface area contributed by atoms with Crippen molar-refractivity contribution in [1.29, 1.82) is 0 Å². The Morgan fingerprint density at radius 3 is 2.44 bits per heavy atom. The number of hydrogen-bond donors (Lipinski definition) is 0. The van der Waals surface area contributed by atoms with Crippen LogP contribution in [-0.2, 0) is 12.8 Å². The molecular formula is C22H18Cl2O. The van der Waals surface area contributed by atoms with Crippen molar-refractivity contribution in [3.8, 4) is 16.9 Å². The van der Waals surface area contributed by atoms with Crippen LogP contribution >= 0.6 is 23.2 Å². The van der Waals surface area contributed by atoms with Gasteiger partial charge in [0.1, 0.15) is 11.9 Å². The third-order valence-electron chi connectivity index (χ3n) is 4.67. The summed E-state index contributed by atoms with van der Waals surface area (Å²) in [5, 5.41) is 1.14. The van der Waals surface area contributed by atoms with Crippen LogP contribution in [0.4, 0.5) is 0 Å². The molecule has 1 unspecified atom stereocenters. The maximum Gasteiger partial charge on any atom is 0.130 e. The molecule has 1 nitrogen and oxygen atoms in total. The first kappa shape index (κ1) is 16.5. The molecular weight excluding hydrogens is 351 g/mol. The van der Waals surface area contributed by atoms with Crippen molar-refractivity contribution >= 4 is 23.2 Å². The van der Waals surface area contributed by atoms with Gasteiger partial charge in [-0.2, -0.15) is 0 Å². The Labute approximate surface area is 158 Å². The van der Waals surface area contributed by atoms with E-state index in [0.717, 1.165) is 36.1 Å². The van der Waals surface area contributed by atoms with Gasteiger partial charge in [0.05, 0.1) is 10.0 Å². The lowest BCUT2D eigenvalue weighted by molar-refractivity contribution is 0.222. The van der Waals surface area contributed by atoms with E-state index in [1.165, 1.54) is 11.1 Å². The van der Waals surface area contributed by atoms with Gasteiger partial charge in [-0.3, -0.25) is 0 Å². The smallest absolute Gasteiger partial charge is 0.130 e. The molecule has 1 aliphatic heterocycles. The van der Waals surface area contributed by atoms with Gasteiger partial charge in [0.2, 0.25) is 0 Å². The molecule has 0 aromatic heterocycles. The average molecular weight is 369 g/mol. The molecule has 1 aliphatic rings. The molecule has 0 aliphatic carbocycles. The molecule has 25 heavy (non-hydrogen) atoms. The Kier molecular flexibility index (Phi) is 4.70. The Balaban J connectivity index is 1.57. The number of hydrogen-bond acceptors (Lipinski definition) is 1. The fraction of sp³-hybridized carbons (Fsp3) is 0.182. The van der Waals surface area contributed by atoms with Crippen LogP contribution in [-0.4, -0.2) is 6.10 Å². The maximum absolute atomic E-state index is 6.42. The van der Waals surface area contributed by atoms with Crippen LogP contribution in [0.1, 0.15) is 17.5 Å². The second-order valence-electron chi connectivity index (χ2n) is 6.36. The van der Waals surface area contributed by atoms with Crippen molar-refractivity contribution in [2.24, 2.45) is 0 Å². The van der Waals surface area contributed by atoms with Crippen molar-refractivity contribution in [3.63, 3.8) is 0 Å². The van der Waals surface area contributed by atoms with E-state index in [0.29, 0.717) is 10.0 Å². The van der Waals surface area contributed by atoms with Gasteiger partial charge >= 0.3 is 0 Å². The van der Waals surface area contributed by atoms with Crippen molar-refractivity contribution in [2.45, 2.75) is 25.4 Å². The topological polar surface area (TPSA) is 9.23 Å². The van der Waals surface area contributed by atoms with Crippen molar-refractivity contribution in [1.82, 2.24) is 0 Å². The second-order valence-corrected chi connectivity index (χ2v) is 7.15. The van der Waals surface area contributed by atoms with Gasteiger partial charge in [0.15, 0.2) is 0 Å². The van der Waals surface area contributed by atoms with Gasteiger partial charge in [-0.15, -0.1) is 0 Å². The van der Waals surface area contributed by atoms with Crippen molar-refractivity contribution < 1.29 is 4.74 Å². The zero-order valence-electron chi connectivity index (χ0n) is 13.7. The zero-order chi connectivity index (χ0) is 17.2. The molecule has 3 heteroatoms. The molecule has 0 fully saturated rings. The van der Waals surface area contributed by atoms with Crippen LogP contribution in [0.25, 0.3) is 11.1 Å². The van der Waals surface area contributed by atoms with Crippen LogP contribution in [0.2, 0.25) is 10.0 Å². The summed E-state index contributed by atoms with van der Waals surface area (Å²) in [4.78, 5) is 0. The fourth-order valence-corrected chi connectivity index (χ4v) is 3.80. The third-order valence-corrected chi connectivity index (χ3v) is 5.49. The molecule has 1 heterocycles. The highest BCUT2D eigenvalue weighted by Gasteiger charge is 2.26. The largest absolute Gasteiger partial charge is 0.489 e. The number of rotatable bonds is 4. The van der Waals surface area contributed by atoms with E-state index in [4.69, 9.17) is 27.9 Å². The number of benzene rings is 3. The second kappa shape index (κ2) is 7.11. The summed E-state index contributed by atoms with van der Waals surface area (Å²) < 4.78 is 6.31. The number of halogens is 2. The number of fused-ring (bicyclic) bond motifs is 1. The Hall–Kier alpha value is -1.96. The zero-order valence-corrected chi connectivity index (χ0v) is 15.2. The van der Waals surface area contributed by atoms with E-state index in [-0.39, 0.29) is 6.10 Å². The summed E-state index contributed by atoms with van der Waals surface area (Å²) in [5.41, 5.74) is 4.54. The predicted molar refractivity (Wildman–Crippen MR) is 105 cm³/mol. The Morgan fingerprint density at radius 1 is 0.840 bits per heavy atom. The molecule has 0 saturated carbocycles. The average Bonchev–Trinajstić information content (AvgIpc) is 3.06. The number of para-hydroxylation sites is 1. The van der Waals surface area contributed by atoms with Gasteiger partial charge in [0, 0.05) is 17.5 Å². The molecule has 0 N–H and O–H groups in total. The van der Waals surface area contributed by atoms with Crippen LogP contribution < -0.4 is 4.74 Å². The number of ether oxygens (including phenoxy) is 1. The van der Waals surface area contributed by atoms with Crippen LogP contribution in [0.5, 0.6) is 5.75 Å². The van der Waals surface area contributed by atoms with E-state index in [9.17, 15) is 0 Å². The predicted octanol–water partition coefficient (Wildman–Crippen LogP) is 6.60. The first-order valence-electron chi connectivity index (χ1n) is 8.49. The van der Waals surface area contributed by atoms with Gasteiger partial charge in [-0.25, -0.2) is 0 Å². The lowest BCUT2D eigenvalue weighted by Crippen LogP contribution is -2.13. The molecule has 0 saturated heterocycles. The van der Waals surface area contributed by atoms with Crippen molar-refractivity contribution in [2.75, 3.05) is 0 Å². The van der Waals surface area contributed by atoms with E-state index in [1.54, 1.807) is 6.07 Å². The Bertz CT molecular complexity index is 890. The highest BCUT2D eigenvalue weighted by atomic mass is 35.5. The van der Waals surface area contributed by atoms with Crippen LogP contribution in [0, 0.1) is 0 Å². The highest BCUT2D eigenvalue weighted by Crippen LogP contribution is 2.43. The fourth-order valence-electron chi connectivity index (χ4n) is 3.40. The minimum absolute atomic E-state index is 0.203. The summed E-state index contributed by atoms with van der Waals surface area (Å²) >= 11 is 12.6. The van der Waals surface area contributed by atoms with Gasteiger partial charge in [0.25, 0.3) is 0 Å². The first-order chi connectivity index (χ1) is 12.2. The minimum Gasteiger partial charge on any atom is -0.489 e. The van der Waals surface area contributed by atoms with E-state index in [2.05, 4.69) is 42.5 Å². The Morgan fingerprint density at radius 2 is 1.60 bits per heavy atom. The monoisotopic (exact) mass is 368 g/mol. The lowest BCUT2D eigenvalue weighted by Gasteiger charge is -2.14. The molecule has 0 amide bonds. The van der Waals surface area contributed by atoms with Gasteiger partial charge < -0.3 is 4.74 Å². The molecule has 3 aromatic rings.